The highest BCUT2D eigenvalue weighted by Crippen LogP contribution is 2.24. The van der Waals surface area contributed by atoms with Gasteiger partial charge in [0.15, 0.2) is 4.77 Å². The first-order valence-electron chi connectivity index (χ1n) is 8.50. The van der Waals surface area contributed by atoms with Crippen LogP contribution in [-0.4, -0.2) is 32.9 Å². The van der Waals surface area contributed by atoms with Crippen LogP contribution in [0.5, 0.6) is 0 Å². The molecule has 0 bridgehead atoms. The second-order valence-electron chi connectivity index (χ2n) is 6.48. The first-order valence-corrected chi connectivity index (χ1v) is 8.91. The molecule has 1 N–H and O–H groups in total. The second-order valence-corrected chi connectivity index (χ2v) is 6.87. The Hall–Kier alpha value is -2.39. The van der Waals surface area contributed by atoms with Gasteiger partial charge in [0, 0.05) is 18.7 Å². The number of nitrogens with one attached hydrogen (secondary N) is 1. The van der Waals surface area contributed by atoms with Crippen LogP contribution in [0.3, 0.4) is 0 Å². The summed E-state index contributed by atoms with van der Waals surface area (Å²) >= 11 is 5.16. The van der Waals surface area contributed by atoms with Crippen LogP contribution in [0.25, 0.3) is 10.9 Å². The van der Waals surface area contributed by atoms with E-state index in [-0.39, 0.29) is 17.5 Å². The second kappa shape index (κ2) is 7.24. The quantitative estimate of drug-likeness (QED) is 0.680. The van der Waals surface area contributed by atoms with Crippen LogP contribution < -0.4 is 5.56 Å². The Labute approximate surface area is 151 Å². The number of H-pyrrole nitrogens is 1. The van der Waals surface area contributed by atoms with Crippen LogP contribution in [0.2, 0.25) is 0 Å². The summed E-state index contributed by atoms with van der Waals surface area (Å²) in [5, 5.41) is 0.508. The van der Waals surface area contributed by atoms with E-state index in [0.29, 0.717) is 27.8 Å². The lowest BCUT2D eigenvalue weighted by atomic mass is 9.93. The molecule has 1 fully saturated rings. The van der Waals surface area contributed by atoms with Crippen molar-refractivity contribution in [2.45, 2.75) is 38.1 Å². The minimum atomic E-state index is -0.175. The summed E-state index contributed by atoms with van der Waals surface area (Å²) in [6, 6.07) is 5.25. The van der Waals surface area contributed by atoms with Crippen LogP contribution in [0.15, 0.2) is 23.0 Å². The summed E-state index contributed by atoms with van der Waals surface area (Å²) in [5.41, 5.74) is 0.918. The molecule has 130 valence electrons. The van der Waals surface area contributed by atoms with Gasteiger partial charge in [-0.3, -0.25) is 14.2 Å². The Balaban J connectivity index is 2.00. The maximum absolute atomic E-state index is 13.0. The smallest absolute Gasteiger partial charge is 0.261 e. The molecule has 0 atom stereocenters. The maximum Gasteiger partial charge on any atom is 0.261 e. The largest absolute Gasteiger partial charge is 0.332 e. The number of terminal acetylenes is 1. The van der Waals surface area contributed by atoms with Gasteiger partial charge < -0.3 is 9.88 Å². The summed E-state index contributed by atoms with van der Waals surface area (Å²) in [6.07, 6.45) is 10.9. The molecular weight excluding hydrogens is 334 g/mol. The molecule has 2 aromatic rings. The normalized spacial score (nSPS) is 15.0. The average molecular weight is 355 g/mol. The molecule has 1 amide bonds. The summed E-state index contributed by atoms with van der Waals surface area (Å²) in [4.78, 5) is 30.1. The van der Waals surface area contributed by atoms with Gasteiger partial charge in [0.1, 0.15) is 0 Å². The van der Waals surface area contributed by atoms with Crippen molar-refractivity contribution < 1.29 is 4.79 Å². The SMILES string of the molecule is C#CCN(C(=O)c1ccc2c(=O)n(C)c(=S)[nH]c2c1)C1CCCCC1. The van der Waals surface area contributed by atoms with E-state index in [2.05, 4.69) is 10.9 Å². The van der Waals surface area contributed by atoms with Crippen molar-refractivity contribution in [3.05, 3.63) is 38.9 Å². The molecule has 0 saturated heterocycles. The fourth-order valence-corrected chi connectivity index (χ4v) is 3.66. The van der Waals surface area contributed by atoms with E-state index in [0.717, 1.165) is 25.7 Å². The summed E-state index contributed by atoms with van der Waals surface area (Å²) in [6.45, 7) is 0.300. The Morgan fingerprint density at radius 1 is 1.40 bits per heavy atom. The van der Waals surface area contributed by atoms with Crippen LogP contribution >= 0.6 is 12.2 Å². The number of aromatic amines is 1. The summed E-state index contributed by atoms with van der Waals surface area (Å²) in [5.74, 6) is 2.51. The van der Waals surface area contributed by atoms with Gasteiger partial charge in [-0.2, -0.15) is 0 Å². The van der Waals surface area contributed by atoms with Gasteiger partial charge in [0.2, 0.25) is 0 Å². The standard InChI is InChI=1S/C19H21N3O2S/c1-3-11-22(14-7-5-4-6-8-14)17(23)13-9-10-15-16(12-13)20-19(25)21(2)18(15)24/h1,9-10,12,14H,4-8,11H2,2H3,(H,20,25). The van der Waals surface area contributed by atoms with Gasteiger partial charge in [-0.25, -0.2) is 0 Å². The van der Waals surface area contributed by atoms with Crippen LogP contribution in [0.1, 0.15) is 42.5 Å². The molecule has 0 unspecified atom stereocenters. The van der Waals surface area contributed by atoms with Gasteiger partial charge in [0.25, 0.3) is 11.5 Å². The molecule has 6 heteroatoms. The molecule has 5 nitrogen and oxygen atoms in total. The number of aromatic nitrogens is 2. The van der Waals surface area contributed by atoms with Crippen molar-refractivity contribution in [1.29, 1.82) is 0 Å². The molecule has 0 radical (unpaired) electrons. The maximum atomic E-state index is 13.0. The molecule has 1 aliphatic rings. The van der Waals surface area contributed by atoms with Crippen molar-refractivity contribution in [3.63, 3.8) is 0 Å². The van der Waals surface area contributed by atoms with Gasteiger partial charge in [-0.05, 0) is 43.3 Å². The molecular formula is C19H21N3O2S. The van der Waals surface area contributed by atoms with Crippen molar-refractivity contribution in [2.75, 3.05) is 6.54 Å². The molecule has 1 aromatic heterocycles. The monoisotopic (exact) mass is 355 g/mol. The van der Waals surface area contributed by atoms with Crippen molar-refractivity contribution in [3.8, 4) is 12.3 Å². The minimum absolute atomic E-state index is 0.0910. The van der Waals surface area contributed by atoms with E-state index in [1.54, 1.807) is 30.1 Å². The van der Waals surface area contributed by atoms with Gasteiger partial charge in [-0.1, -0.05) is 25.2 Å². The van der Waals surface area contributed by atoms with Crippen molar-refractivity contribution in [1.82, 2.24) is 14.5 Å². The lowest BCUT2D eigenvalue weighted by Crippen LogP contribution is -2.41. The molecule has 25 heavy (non-hydrogen) atoms. The summed E-state index contributed by atoms with van der Waals surface area (Å²) < 4.78 is 1.71. The van der Waals surface area contributed by atoms with Crippen LogP contribution in [0, 0.1) is 17.1 Å². The lowest BCUT2D eigenvalue weighted by molar-refractivity contribution is 0.0667. The molecule has 3 rings (SSSR count). The first kappa shape index (κ1) is 17.4. The third kappa shape index (κ3) is 3.38. The third-order valence-electron chi connectivity index (χ3n) is 4.89. The fourth-order valence-electron chi connectivity index (χ4n) is 3.46. The molecule has 0 spiro atoms. The van der Waals surface area contributed by atoms with E-state index in [1.807, 2.05) is 0 Å². The number of hydrogen-bond donors (Lipinski definition) is 1. The van der Waals surface area contributed by atoms with E-state index >= 15 is 0 Å². The third-order valence-corrected chi connectivity index (χ3v) is 5.26. The van der Waals surface area contributed by atoms with Crippen molar-refractivity contribution in [2.24, 2.45) is 7.05 Å². The number of nitrogens with zero attached hydrogens (tertiary/aromatic N) is 2. The molecule has 1 saturated carbocycles. The number of carbonyl (C=O) groups excluding carboxylic acids is 1. The number of fused-ring (bicyclic) bond motifs is 1. The van der Waals surface area contributed by atoms with Gasteiger partial charge in [-0.15, -0.1) is 6.42 Å². The average Bonchev–Trinajstić information content (AvgIpc) is 2.64. The number of rotatable bonds is 3. The highest BCUT2D eigenvalue weighted by Gasteiger charge is 2.25. The number of carbonyl (C=O) groups is 1. The molecule has 1 heterocycles. The zero-order valence-corrected chi connectivity index (χ0v) is 15.1. The number of benzene rings is 1. The zero-order valence-electron chi connectivity index (χ0n) is 14.2. The van der Waals surface area contributed by atoms with Crippen LogP contribution in [0.4, 0.5) is 0 Å². The minimum Gasteiger partial charge on any atom is -0.332 e. The highest BCUT2D eigenvalue weighted by atomic mass is 32.1. The first-order chi connectivity index (χ1) is 12.0. The summed E-state index contributed by atoms with van der Waals surface area (Å²) in [7, 11) is 1.62. The van der Waals surface area contributed by atoms with Crippen LogP contribution in [-0.2, 0) is 7.05 Å². The Kier molecular flexibility index (Phi) is 5.05. The molecule has 1 aliphatic carbocycles. The number of amides is 1. The molecule has 0 aliphatic heterocycles. The zero-order chi connectivity index (χ0) is 18.0. The van der Waals surface area contributed by atoms with Gasteiger partial charge in [0.05, 0.1) is 17.4 Å². The van der Waals surface area contributed by atoms with E-state index in [4.69, 9.17) is 18.6 Å². The predicted octanol–water partition coefficient (Wildman–Crippen LogP) is 3.00. The fraction of sp³-hybridized carbons (Fsp3) is 0.421. The Morgan fingerprint density at radius 3 is 2.80 bits per heavy atom. The Bertz CT molecular complexity index is 961. The highest BCUT2D eigenvalue weighted by molar-refractivity contribution is 7.71. The topological polar surface area (TPSA) is 58.1 Å². The van der Waals surface area contributed by atoms with E-state index in [1.165, 1.54) is 11.0 Å². The van der Waals surface area contributed by atoms with Gasteiger partial charge >= 0.3 is 0 Å². The molecule has 1 aromatic carbocycles. The van der Waals surface area contributed by atoms with E-state index in [9.17, 15) is 9.59 Å². The van der Waals surface area contributed by atoms with E-state index < -0.39 is 0 Å². The lowest BCUT2D eigenvalue weighted by Gasteiger charge is -2.33. The Morgan fingerprint density at radius 2 is 2.12 bits per heavy atom. The predicted molar refractivity (Wildman–Crippen MR) is 101 cm³/mol. The number of hydrogen-bond acceptors (Lipinski definition) is 3. The van der Waals surface area contributed by atoms with Crippen molar-refractivity contribution >= 4 is 29.0 Å².